The van der Waals surface area contributed by atoms with Gasteiger partial charge in [0.1, 0.15) is 12.4 Å². The number of para-hydroxylation sites is 1. The normalized spacial score (nSPS) is 21.3. The molecule has 1 fully saturated rings. The lowest BCUT2D eigenvalue weighted by molar-refractivity contribution is -0.133. The van der Waals surface area contributed by atoms with E-state index >= 15 is 0 Å². The van der Waals surface area contributed by atoms with Crippen LogP contribution in [0.1, 0.15) is 28.4 Å². The smallest absolute Gasteiger partial charge is 0.255 e. The SMILES string of the molecule is COc1c(F)cccc1Nc1c2[nH]c3c1C(=O)NCC3CC(=O)N1CCN(CCOCCOc3cnccc3-2)CC1. The maximum atomic E-state index is 14.6. The third kappa shape index (κ3) is 5.44. The Morgan fingerprint density at radius 2 is 1.95 bits per heavy atom. The largest absolute Gasteiger partial charge is 0.492 e. The molecule has 6 heterocycles. The Kier molecular flexibility index (Phi) is 7.75. The Bertz CT molecular complexity index is 1440. The second-order valence-electron chi connectivity index (χ2n) is 10.3. The number of hydrogen-bond acceptors (Lipinski definition) is 8. The quantitative estimate of drug-likeness (QED) is 0.444. The summed E-state index contributed by atoms with van der Waals surface area (Å²) in [6.45, 7) is 5.25. The summed E-state index contributed by atoms with van der Waals surface area (Å²) in [5, 5.41) is 6.22. The van der Waals surface area contributed by atoms with E-state index in [1.165, 1.54) is 13.2 Å². The van der Waals surface area contributed by atoms with Gasteiger partial charge >= 0.3 is 0 Å². The summed E-state index contributed by atoms with van der Waals surface area (Å²) in [7, 11) is 1.39. The molecular formula is C29H33FN6O5. The van der Waals surface area contributed by atoms with Crippen molar-refractivity contribution in [1.29, 1.82) is 0 Å². The van der Waals surface area contributed by atoms with Gasteiger partial charge in [0.25, 0.3) is 5.91 Å². The van der Waals surface area contributed by atoms with Crippen LogP contribution in [0.4, 0.5) is 15.8 Å². The molecular weight excluding hydrogens is 531 g/mol. The summed E-state index contributed by atoms with van der Waals surface area (Å²) < 4.78 is 31.9. The highest BCUT2D eigenvalue weighted by atomic mass is 19.1. The molecule has 0 saturated carbocycles. The molecule has 12 heteroatoms. The summed E-state index contributed by atoms with van der Waals surface area (Å²) in [5.74, 6) is -0.568. The van der Waals surface area contributed by atoms with E-state index in [-0.39, 0.29) is 29.9 Å². The van der Waals surface area contributed by atoms with Crippen molar-refractivity contribution in [3.63, 3.8) is 0 Å². The molecule has 0 spiro atoms. The number of ether oxygens (including phenoxy) is 3. The summed E-state index contributed by atoms with van der Waals surface area (Å²) in [4.78, 5) is 38.7. The molecule has 2 amide bonds. The minimum Gasteiger partial charge on any atom is -0.492 e. The number of halogens is 1. The first-order valence-electron chi connectivity index (χ1n) is 13.8. The Morgan fingerprint density at radius 3 is 2.78 bits per heavy atom. The van der Waals surface area contributed by atoms with Crippen LogP contribution in [0.5, 0.6) is 11.5 Å². The van der Waals surface area contributed by atoms with Crippen LogP contribution >= 0.6 is 0 Å². The fraction of sp³-hybridized carbons (Fsp3) is 0.414. The summed E-state index contributed by atoms with van der Waals surface area (Å²) in [6, 6.07) is 6.33. The molecule has 1 atom stereocenters. The third-order valence-electron chi connectivity index (χ3n) is 7.84. The minimum atomic E-state index is -0.540. The molecule has 4 bridgehead atoms. The van der Waals surface area contributed by atoms with E-state index in [9.17, 15) is 14.0 Å². The molecule has 4 aliphatic heterocycles. The van der Waals surface area contributed by atoms with Gasteiger partial charge in [-0.25, -0.2) is 4.39 Å². The number of benzene rings is 1. The van der Waals surface area contributed by atoms with Crippen LogP contribution in [0.25, 0.3) is 11.3 Å². The zero-order valence-electron chi connectivity index (χ0n) is 22.9. The molecule has 3 aromatic rings. The van der Waals surface area contributed by atoms with Crippen LogP contribution in [0.15, 0.2) is 36.7 Å². The standard InChI is InChI=1S/C29H33FN6O5/c1-39-28-20(30)3-2-4-21(28)33-27-24-25-18(16-32-29(24)38)15-23(37)36-9-7-35(8-10-36)11-12-40-13-14-41-22-17-31-6-5-19(22)26(27)34-25/h2-6,17-18,33-34H,7-16H2,1H3,(H,32,38). The van der Waals surface area contributed by atoms with E-state index in [1.807, 2.05) is 4.90 Å². The van der Waals surface area contributed by atoms with Crippen molar-refractivity contribution in [3.8, 4) is 22.8 Å². The zero-order chi connectivity index (χ0) is 28.3. The van der Waals surface area contributed by atoms with Gasteiger partial charge in [0.2, 0.25) is 5.91 Å². The first kappa shape index (κ1) is 27.0. The van der Waals surface area contributed by atoms with Crippen LogP contribution < -0.4 is 20.1 Å². The Morgan fingerprint density at radius 1 is 1.10 bits per heavy atom. The number of nitrogens with one attached hydrogen (secondary N) is 3. The lowest BCUT2D eigenvalue weighted by Gasteiger charge is -2.35. The van der Waals surface area contributed by atoms with Gasteiger partial charge < -0.3 is 34.7 Å². The summed E-state index contributed by atoms with van der Waals surface area (Å²) in [5.41, 5.74) is 2.99. The van der Waals surface area contributed by atoms with Gasteiger partial charge in [0, 0.05) is 69.1 Å². The minimum absolute atomic E-state index is 0.0179. The number of aromatic amines is 1. The number of carbonyl (C=O) groups is 2. The zero-order valence-corrected chi connectivity index (χ0v) is 22.9. The number of carbonyl (C=O) groups excluding carboxylic acids is 2. The number of aromatic nitrogens is 2. The van der Waals surface area contributed by atoms with E-state index in [0.717, 1.165) is 19.6 Å². The molecule has 7 rings (SSSR count). The van der Waals surface area contributed by atoms with E-state index in [0.29, 0.717) is 79.1 Å². The predicted octanol–water partition coefficient (Wildman–Crippen LogP) is 2.74. The van der Waals surface area contributed by atoms with Gasteiger partial charge in [-0.05, 0) is 18.2 Å². The maximum absolute atomic E-state index is 14.6. The second-order valence-corrected chi connectivity index (χ2v) is 10.3. The number of nitrogens with zero attached hydrogens (tertiary/aromatic N) is 3. The van der Waals surface area contributed by atoms with Gasteiger partial charge in [0.15, 0.2) is 11.6 Å². The third-order valence-corrected chi connectivity index (χ3v) is 7.84. The fourth-order valence-electron chi connectivity index (χ4n) is 5.69. The number of fused-ring (bicyclic) bond motifs is 8. The van der Waals surface area contributed by atoms with Crippen molar-refractivity contribution in [2.45, 2.75) is 12.3 Å². The molecule has 1 unspecified atom stereocenters. The topological polar surface area (TPSA) is 121 Å². The number of amides is 2. The molecule has 0 radical (unpaired) electrons. The molecule has 4 aliphatic rings. The van der Waals surface area contributed by atoms with Gasteiger partial charge in [-0.15, -0.1) is 0 Å². The van der Waals surface area contributed by atoms with Crippen molar-refractivity contribution >= 4 is 23.2 Å². The summed E-state index contributed by atoms with van der Waals surface area (Å²) in [6.07, 6.45) is 3.48. The van der Waals surface area contributed by atoms with Gasteiger partial charge in [0.05, 0.1) is 49.2 Å². The van der Waals surface area contributed by atoms with Crippen LogP contribution in [-0.4, -0.2) is 97.8 Å². The Hall–Kier alpha value is -4.16. The van der Waals surface area contributed by atoms with Gasteiger partial charge in [-0.1, -0.05) is 6.07 Å². The number of rotatable bonds is 3. The first-order valence-corrected chi connectivity index (χ1v) is 13.8. The van der Waals surface area contributed by atoms with E-state index < -0.39 is 5.82 Å². The average molecular weight is 565 g/mol. The monoisotopic (exact) mass is 564 g/mol. The molecule has 11 nitrogen and oxygen atoms in total. The molecule has 216 valence electrons. The number of methoxy groups -OCH3 is 1. The summed E-state index contributed by atoms with van der Waals surface area (Å²) >= 11 is 0. The van der Waals surface area contributed by atoms with Crippen LogP contribution in [0.2, 0.25) is 0 Å². The highest BCUT2D eigenvalue weighted by Crippen LogP contribution is 2.44. The number of hydrogen-bond donors (Lipinski definition) is 3. The Labute approximate surface area is 237 Å². The van der Waals surface area contributed by atoms with E-state index in [2.05, 4.69) is 25.5 Å². The molecule has 1 saturated heterocycles. The molecule has 3 N–H and O–H groups in total. The molecule has 2 aromatic heterocycles. The van der Waals surface area contributed by atoms with Crippen molar-refractivity contribution < 1.29 is 28.2 Å². The lowest BCUT2D eigenvalue weighted by Crippen LogP contribution is -2.50. The number of H-pyrrole nitrogens is 1. The van der Waals surface area contributed by atoms with Crippen molar-refractivity contribution in [1.82, 2.24) is 25.1 Å². The van der Waals surface area contributed by atoms with E-state index in [4.69, 9.17) is 14.2 Å². The van der Waals surface area contributed by atoms with Crippen LogP contribution in [0, 0.1) is 5.82 Å². The molecule has 1 aromatic carbocycles. The number of pyridine rings is 1. The Balaban J connectivity index is 1.46. The highest BCUT2D eigenvalue weighted by molar-refractivity contribution is 6.07. The first-order chi connectivity index (χ1) is 20.0. The van der Waals surface area contributed by atoms with Crippen molar-refractivity contribution in [3.05, 3.63) is 53.7 Å². The van der Waals surface area contributed by atoms with Crippen molar-refractivity contribution in [2.75, 3.05) is 71.5 Å². The fourth-order valence-corrected chi connectivity index (χ4v) is 5.69. The maximum Gasteiger partial charge on any atom is 0.255 e. The van der Waals surface area contributed by atoms with Crippen LogP contribution in [-0.2, 0) is 9.53 Å². The van der Waals surface area contributed by atoms with Crippen LogP contribution in [0.3, 0.4) is 0 Å². The van der Waals surface area contributed by atoms with E-state index in [1.54, 1.807) is 30.6 Å². The van der Waals surface area contributed by atoms with Gasteiger partial charge in [-0.3, -0.25) is 19.5 Å². The predicted molar refractivity (Wildman–Crippen MR) is 149 cm³/mol. The molecule has 0 aliphatic carbocycles. The lowest BCUT2D eigenvalue weighted by atomic mass is 9.92. The molecule has 41 heavy (non-hydrogen) atoms. The average Bonchev–Trinajstić information content (AvgIpc) is 3.36. The van der Waals surface area contributed by atoms with Crippen molar-refractivity contribution in [2.24, 2.45) is 0 Å². The van der Waals surface area contributed by atoms with Gasteiger partial charge in [-0.2, -0.15) is 0 Å². The highest BCUT2D eigenvalue weighted by Gasteiger charge is 2.36. The second kappa shape index (κ2) is 11.8. The number of piperazine rings is 1. The number of anilines is 2.